The summed E-state index contributed by atoms with van der Waals surface area (Å²) in [6.07, 6.45) is 3.85. The van der Waals surface area contributed by atoms with Crippen molar-refractivity contribution >= 4 is 36.4 Å². The number of nitrogens with two attached hydrogens (primary N) is 1. The van der Waals surface area contributed by atoms with Crippen molar-refractivity contribution < 1.29 is 9.53 Å². The average Bonchev–Trinajstić information content (AvgIpc) is 3.21. The standard InChI is InChI=1S/C18H27N3O2.2ClH/c1-23-17-5-3-2-4-16(17)21-9-8-13(12-21)11-20-18(22)14-6-7-15(19)10-14;;/h2-5,13-15H,6-12,19H2,1H3,(H,20,22);2*1H. The quantitative estimate of drug-likeness (QED) is 0.811. The number of para-hydroxylation sites is 2. The van der Waals surface area contributed by atoms with E-state index < -0.39 is 0 Å². The van der Waals surface area contributed by atoms with Crippen molar-refractivity contribution in [3.8, 4) is 5.75 Å². The third-order valence-electron chi connectivity index (χ3n) is 5.12. The Morgan fingerprint density at radius 2 is 2.04 bits per heavy atom. The zero-order valence-electron chi connectivity index (χ0n) is 14.6. The van der Waals surface area contributed by atoms with Crippen LogP contribution in [0.1, 0.15) is 25.7 Å². The molecule has 1 heterocycles. The molecule has 3 N–H and O–H groups in total. The highest BCUT2D eigenvalue weighted by atomic mass is 35.5. The third-order valence-corrected chi connectivity index (χ3v) is 5.12. The number of hydrogen-bond donors (Lipinski definition) is 2. The number of amides is 1. The molecule has 1 saturated carbocycles. The van der Waals surface area contributed by atoms with Crippen LogP contribution in [0.2, 0.25) is 0 Å². The molecule has 0 spiro atoms. The van der Waals surface area contributed by atoms with E-state index in [-0.39, 0.29) is 42.7 Å². The van der Waals surface area contributed by atoms with Gasteiger partial charge >= 0.3 is 0 Å². The second-order valence-electron chi connectivity index (χ2n) is 6.79. The summed E-state index contributed by atoms with van der Waals surface area (Å²) in [6, 6.07) is 8.32. The molecular weight excluding hydrogens is 361 g/mol. The number of benzene rings is 1. The minimum atomic E-state index is 0. The van der Waals surface area contributed by atoms with Crippen molar-refractivity contribution in [3.05, 3.63) is 24.3 Å². The predicted octanol–water partition coefficient (Wildman–Crippen LogP) is 2.61. The Balaban J connectivity index is 0.00000156. The van der Waals surface area contributed by atoms with Gasteiger partial charge in [-0.2, -0.15) is 0 Å². The van der Waals surface area contributed by atoms with Gasteiger partial charge in [0, 0.05) is 31.6 Å². The summed E-state index contributed by atoms with van der Waals surface area (Å²) < 4.78 is 5.45. The molecule has 0 radical (unpaired) electrons. The van der Waals surface area contributed by atoms with Crippen LogP contribution in [0.5, 0.6) is 5.75 Å². The first kappa shape index (κ1) is 21.9. The molecule has 142 valence electrons. The lowest BCUT2D eigenvalue weighted by atomic mass is 10.1. The molecule has 1 aromatic rings. The molecule has 1 amide bonds. The summed E-state index contributed by atoms with van der Waals surface area (Å²) in [5, 5.41) is 3.14. The molecular formula is C18H29Cl2N3O2. The summed E-state index contributed by atoms with van der Waals surface area (Å²) in [7, 11) is 1.71. The van der Waals surface area contributed by atoms with Gasteiger partial charge in [-0.1, -0.05) is 12.1 Å². The maximum atomic E-state index is 12.2. The lowest BCUT2D eigenvalue weighted by Gasteiger charge is -2.21. The Morgan fingerprint density at radius 1 is 1.28 bits per heavy atom. The average molecular weight is 390 g/mol. The molecule has 25 heavy (non-hydrogen) atoms. The normalized spacial score (nSPS) is 25.0. The van der Waals surface area contributed by atoms with Gasteiger partial charge in [-0.05, 0) is 43.7 Å². The molecule has 3 atom stereocenters. The van der Waals surface area contributed by atoms with Gasteiger partial charge in [0.2, 0.25) is 5.91 Å². The van der Waals surface area contributed by atoms with E-state index in [2.05, 4.69) is 16.3 Å². The van der Waals surface area contributed by atoms with Crippen molar-refractivity contribution in [1.29, 1.82) is 0 Å². The SMILES string of the molecule is COc1ccccc1N1CCC(CNC(=O)C2CCC(N)C2)C1.Cl.Cl. The first-order valence-corrected chi connectivity index (χ1v) is 8.58. The number of methoxy groups -OCH3 is 1. The van der Waals surface area contributed by atoms with Crippen molar-refractivity contribution in [1.82, 2.24) is 5.32 Å². The number of rotatable bonds is 5. The van der Waals surface area contributed by atoms with Crippen LogP contribution in [-0.2, 0) is 4.79 Å². The molecule has 0 aromatic heterocycles. The van der Waals surface area contributed by atoms with E-state index in [4.69, 9.17) is 10.5 Å². The van der Waals surface area contributed by atoms with Gasteiger partial charge in [-0.25, -0.2) is 0 Å². The first-order valence-electron chi connectivity index (χ1n) is 8.58. The smallest absolute Gasteiger partial charge is 0.223 e. The number of hydrogen-bond acceptors (Lipinski definition) is 4. The fourth-order valence-electron chi connectivity index (χ4n) is 3.75. The van der Waals surface area contributed by atoms with E-state index >= 15 is 0 Å². The van der Waals surface area contributed by atoms with Gasteiger partial charge in [-0.15, -0.1) is 24.8 Å². The zero-order valence-corrected chi connectivity index (χ0v) is 16.3. The molecule has 1 saturated heterocycles. The lowest BCUT2D eigenvalue weighted by Crippen LogP contribution is -2.35. The zero-order chi connectivity index (χ0) is 16.2. The molecule has 3 unspecified atom stereocenters. The van der Waals surface area contributed by atoms with Crippen LogP contribution >= 0.6 is 24.8 Å². The van der Waals surface area contributed by atoms with Crippen LogP contribution in [0.15, 0.2) is 24.3 Å². The van der Waals surface area contributed by atoms with Crippen molar-refractivity contribution in [2.24, 2.45) is 17.6 Å². The molecule has 5 nitrogen and oxygen atoms in total. The summed E-state index contributed by atoms with van der Waals surface area (Å²) in [4.78, 5) is 14.5. The van der Waals surface area contributed by atoms with Crippen LogP contribution in [0, 0.1) is 11.8 Å². The molecule has 1 aliphatic carbocycles. The lowest BCUT2D eigenvalue weighted by molar-refractivity contribution is -0.125. The van der Waals surface area contributed by atoms with Gasteiger partial charge < -0.3 is 20.7 Å². The highest BCUT2D eigenvalue weighted by molar-refractivity contribution is 5.85. The summed E-state index contributed by atoms with van der Waals surface area (Å²) in [5.74, 6) is 1.72. The number of carbonyl (C=O) groups excluding carboxylic acids is 1. The third kappa shape index (κ3) is 5.40. The highest BCUT2D eigenvalue weighted by Gasteiger charge is 2.29. The van der Waals surface area contributed by atoms with Crippen LogP contribution in [-0.4, -0.2) is 38.7 Å². The fraction of sp³-hybridized carbons (Fsp3) is 0.611. The Bertz CT molecular complexity index is 559. The van der Waals surface area contributed by atoms with Gasteiger partial charge in [0.05, 0.1) is 12.8 Å². The summed E-state index contributed by atoms with van der Waals surface area (Å²) in [6.45, 7) is 2.73. The highest BCUT2D eigenvalue weighted by Crippen LogP contribution is 2.32. The van der Waals surface area contributed by atoms with E-state index in [1.807, 2.05) is 18.2 Å². The largest absolute Gasteiger partial charge is 0.495 e. The fourth-order valence-corrected chi connectivity index (χ4v) is 3.75. The maximum absolute atomic E-state index is 12.2. The molecule has 3 rings (SSSR count). The van der Waals surface area contributed by atoms with Crippen LogP contribution in [0.25, 0.3) is 0 Å². The topological polar surface area (TPSA) is 67.6 Å². The number of ether oxygens (including phenoxy) is 1. The summed E-state index contributed by atoms with van der Waals surface area (Å²) >= 11 is 0. The van der Waals surface area contributed by atoms with Crippen LogP contribution < -0.4 is 20.7 Å². The molecule has 2 fully saturated rings. The van der Waals surface area contributed by atoms with E-state index in [9.17, 15) is 4.79 Å². The monoisotopic (exact) mass is 389 g/mol. The van der Waals surface area contributed by atoms with Gasteiger partial charge in [0.25, 0.3) is 0 Å². The molecule has 2 aliphatic rings. The van der Waals surface area contributed by atoms with E-state index in [0.717, 1.165) is 56.8 Å². The van der Waals surface area contributed by atoms with E-state index in [0.29, 0.717) is 5.92 Å². The van der Waals surface area contributed by atoms with Crippen molar-refractivity contribution in [2.75, 3.05) is 31.6 Å². The van der Waals surface area contributed by atoms with Crippen molar-refractivity contribution in [3.63, 3.8) is 0 Å². The molecule has 0 bridgehead atoms. The second-order valence-corrected chi connectivity index (χ2v) is 6.79. The van der Waals surface area contributed by atoms with E-state index in [1.165, 1.54) is 0 Å². The Morgan fingerprint density at radius 3 is 2.72 bits per heavy atom. The number of nitrogens with zero attached hydrogens (tertiary/aromatic N) is 1. The van der Waals surface area contributed by atoms with Crippen molar-refractivity contribution in [2.45, 2.75) is 31.7 Å². The summed E-state index contributed by atoms with van der Waals surface area (Å²) in [5.41, 5.74) is 7.04. The Hall–Kier alpha value is -1.17. The predicted molar refractivity (Wildman–Crippen MR) is 106 cm³/mol. The molecule has 1 aromatic carbocycles. The molecule has 1 aliphatic heterocycles. The second kappa shape index (κ2) is 10.1. The van der Waals surface area contributed by atoms with Crippen LogP contribution in [0.4, 0.5) is 5.69 Å². The number of carbonyl (C=O) groups is 1. The Kier molecular flexibility index (Phi) is 8.83. The minimum absolute atomic E-state index is 0. The molecule has 7 heteroatoms. The van der Waals surface area contributed by atoms with Gasteiger partial charge in [0.15, 0.2) is 0 Å². The first-order chi connectivity index (χ1) is 11.2. The maximum Gasteiger partial charge on any atom is 0.223 e. The van der Waals surface area contributed by atoms with Gasteiger partial charge in [-0.3, -0.25) is 4.79 Å². The Labute approximate surface area is 162 Å². The number of nitrogens with one attached hydrogen (secondary N) is 1. The van der Waals surface area contributed by atoms with E-state index in [1.54, 1.807) is 7.11 Å². The number of halogens is 2. The van der Waals surface area contributed by atoms with Crippen LogP contribution in [0.3, 0.4) is 0 Å². The number of anilines is 1. The van der Waals surface area contributed by atoms with Gasteiger partial charge in [0.1, 0.15) is 5.75 Å². The minimum Gasteiger partial charge on any atom is -0.495 e.